The highest BCUT2D eigenvalue weighted by atomic mass is 35.5. The number of amides is 1. The zero-order valence-electron chi connectivity index (χ0n) is 15.4. The SMILES string of the molecule is Cc1onc(-c2c(F)cccc2Cl)c1C(=O)N1CCC(N2CCCC2)CC1. The molecule has 0 spiro atoms. The van der Waals surface area contributed by atoms with Crippen molar-refractivity contribution in [3.8, 4) is 11.3 Å². The van der Waals surface area contributed by atoms with E-state index in [0.29, 0.717) is 30.5 Å². The lowest BCUT2D eigenvalue weighted by Gasteiger charge is -2.36. The van der Waals surface area contributed by atoms with Crippen LogP contribution in [0.25, 0.3) is 11.3 Å². The molecule has 1 aromatic carbocycles. The first-order valence-corrected chi connectivity index (χ1v) is 9.88. The van der Waals surface area contributed by atoms with Crippen LogP contribution in [0.2, 0.25) is 5.02 Å². The summed E-state index contributed by atoms with van der Waals surface area (Å²) in [6.07, 6.45) is 4.47. The third-order valence-electron chi connectivity index (χ3n) is 5.68. The summed E-state index contributed by atoms with van der Waals surface area (Å²) >= 11 is 6.18. The van der Waals surface area contributed by atoms with E-state index in [2.05, 4.69) is 10.1 Å². The lowest BCUT2D eigenvalue weighted by molar-refractivity contribution is 0.0643. The molecule has 0 N–H and O–H groups in total. The van der Waals surface area contributed by atoms with Gasteiger partial charge in [-0.3, -0.25) is 4.79 Å². The van der Waals surface area contributed by atoms with E-state index in [0.717, 1.165) is 12.8 Å². The summed E-state index contributed by atoms with van der Waals surface area (Å²) in [5.41, 5.74) is 0.607. The van der Waals surface area contributed by atoms with Gasteiger partial charge in [-0.2, -0.15) is 0 Å². The minimum absolute atomic E-state index is 0.117. The molecule has 0 radical (unpaired) electrons. The van der Waals surface area contributed by atoms with Crippen molar-refractivity contribution in [2.75, 3.05) is 26.2 Å². The molecule has 3 heterocycles. The third-order valence-corrected chi connectivity index (χ3v) is 6.00. The molecule has 2 aromatic rings. The summed E-state index contributed by atoms with van der Waals surface area (Å²) < 4.78 is 19.6. The van der Waals surface area contributed by atoms with E-state index in [9.17, 15) is 9.18 Å². The number of aromatic nitrogens is 1. The molecule has 4 rings (SSSR count). The lowest BCUT2D eigenvalue weighted by Crippen LogP contribution is -2.46. The molecule has 0 bridgehead atoms. The van der Waals surface area contributed by atoms with E-state index in [1.165, 1.54) is 38.1 Å². The predicted molar refractivity (Wildman–Crippen MR) is 101 cm³/mol. The Morgan fingerprint density at radius 1 is 1.22 bits per heavy atom. The van der Waals surface area contributed by atoms with Gasteiger partial charge in [0.25, 0.3) is 5.91 Å². The van der Waals surface area contributed by atoms with Crippen LogP contribution in [-0.4, -0.2) is 53.1 Å². The van der Waals surface area contributed by atoms with E-state index in [-0.39, 0.29) is 22.2 Å². The molecule has 0 saturated carbocycles. The van der Waals surface area contributed by atoms with Crippen LogP contribution < -0.4 is 0 Å². The number of piperidine rings is 1. The van der Waals surface area contributed by atoms with E-state index in [1.807, 2.05) is 4.90 Å². The fraction of sp³-hybridized carbons (Fsp3) is 0.500. The third kappa shape index (κ3) is 3.48. The number of nitrogens with zero attached hydrogens (tertiary/aromatic N) is 3. The molecule has 7 heteroatoms. The highest BCUT2D eigenvalue weighted by molar-refractivity contribution is 6.33. The zero-order valence-corrected chi connectivity index (χ0v) is 16.1. The summed E-state index contributed by atoms with van der Waals surface area (Å²) in [6, 6.07) is 4.97. The van der Waals surface area contributed by atoms with Crippen LogP contribution in [0, 0.1) is 12.7 Å². The monoisotopic (exact) mass is 391 g/mol. The Labute approximate surface area is 163 Å². The van der Waals surface area contributed by atoms with Gasteiger partial charge in [-0.05, 0) is 57.8 Å². The number of carbonyl (C=O) groups is 1. The maximum Gasteiger partial charge on any atom is 0.259 e. The van der Waals surface area contributed by atoms with E-state index < -0.39 is 5.82 Å². The van der Waals surface area contributed by atoms with Crippen molar-refractivity contribution < 1.29 is 13.7 Å². The summed E-state index contributed by atoms with van der Waals surface area (Å²) in [7, 11) is 0. The number of halogens is 2. The number of carbonyl (C=O) groups excluding carboxylic acids is 1. The lowest BCUT2D eigenvalue weighted by atomic mass is 10.0. The second kappa shape index (κ2) is 7.60. The zero-order chi connectivity index (χ0) is 19.0. The minimum atomic E-state index is -0.516. The Morgan fingerprint density at radius 3 is 2.59 bits per heavy atom. The molecular formula is C20H23ClFN3O2. The van der Waals surface area contributed by atoms with Crippen LogP contribution in [0.3, 0.4) is 0 Å². The first-order valence-electron chi connectivity index (χ1n) is 9.50. The number of likely N-dealkylation sites (tertiary alicyclic amines) is 2. The maximum absolute atomic E-state index is 14.4. The maximum atomic E-state index is 14.4. The van der Waals surface area contributed by atoms with Gasteiger partial charge in [0.15, 0.2) is 0 Å². The topological polar surface area (TPSA) is 49.6 Å². The quantitative estimate of drug-likeness (QED) is 0.788. The van der Waals surface area contributed by atoms with E-state index in [1.54, 1.807) is 13.0 Å². The average molecular weight is 392 g/mol. The standard InChI is InChI=1S/C20H23ClFN3O2/c1-13-17(19(23-27-13)18-15(21)5-4-6-16(18)22)20(26)25-11-7-14(8-12-25)24-9-2-3-10-24/h4-6,14H,2-3,7-12H2,1H3. The van der Waals surface area contributed by atoms with Gasteiger partial charge in [-0.25, -0.2) is 4.39 Å². The van der Waals surface area contributed by atoms with Crippen LogP contribution in [0.15, 0.2) is 22.7 Å². The number of benzene rings is 1. The number of aryl methyl sites for hydroxylation is 1. The summed E-state index contributed by atoms with van der Waals surface area (Å²) in [4.78, 5) is 17.5. The van der Waals surface area contributed by atoms with Gasteiger partial charge < -0.3 is 14.3 Å². The molecule has 0 aliphatic carbocycles. The average Bonchev–Trinajstić information content (AvgIpc) is 3.32. The van der Waals surface area contributed by atoms with Crippen molar-refractivity contribution >= 4 is 17.5 Å². The van der Waals surface area contributed by atoms with Crippen molar-refractivity contribution in [3.05, 3.63) is 40.4 Å². The van der Waals surface area contributed by atoms with Gasteiger partial charge in [0.05, 0.1) is 10.6 Å². The van der Waals surface area contributed by atoms with Crippen molar-refractivity contribution in [3.63, 3.8) is 0 Å². The van der Waals surface area contributed by atoms with Crippen molar-refractivity contribution in [2.45, 2.75) is 38.6 Å². The highest BCUT2D eigenvalue weighted by Crippen LogP contribution is 2.34. The second-order valence-corrected chi connectivity index (χ2v) is 7.73. The molecule has 144 valence electrons. The van der Waals surface area contributed by atoms with E-state index in [4.69, 9.17) is 16.1 Å². The summed E-state index contributed by atoms with van der Waals surface area (Å²) in [5, 5.41) is 4.16. The fourth-order valence-electron chi connectivity index (χ4n) is 4.22. The minimum Gasteiger partial charge on any atom is -0.360 e. The molecule has 2 aliphatic heterocycles. The van der Waals surface area contributed by atoms with Crippen molar-refractivity contribution in [2.24, 2.45) is 0 Å². The van der Waals surface area contributed by atoms with Gasteiger partial charge in [0.2, 0.25) is 0 Å². The normalized spacial score (nSPS) is 19.0. The predicted octanol–water partition coefficient (Wildman–Crippen LogP) is 4.14. The molecule has 2 saturated heterocycles. The molecule has 0 unspecified atom stereocenters. The molecule has 27 heavy (non-hydrogen) atoms. The summed E-state index contributed by atoms with van der Waals surface area (Å²) in [5.74, 6) is -0.295. The Hall–Kier alpha value is -1.92. The van der Waals surface area contributed by atoms with Crippen LogP contribution in [-0.2, 0) is 0 Å². The van der Waals surface area contributed by atoms with Gasteiger partial charge >= 0.3 is 0 Å². The highest BCUT2D eigenvalue weighted by Gasteiger charge is 2.32. The Kier molecular flexibility index (Phi) is 5.19. The molecule has 2 aliphatic rings. The molecular weight excluding hydrogens is 369 g/mol. The second-order valence-electron chi connectivity index (χ2n) is 7.33. The van der Waals surface area contributed by atoms with Crippen molar-refractivity contribution in [1.29, 1.82) is 0 Å². The molecule has 1 aromatic heterocycles. The van der Waals surface area contributed by atoms with Gasteiger partial charge in [0, 0.05) is 19.1 Å². The largest absolute Gasteiger partial charge is 0.360 e. The van der Waals surface area contributed by atoms with Gasteiger partial charge in [0.1, 0.15) is 22.8 Å². The van der Waals surface area contributed by atoms with Crippen LogP contribution in [0.4, 0.5) is 4.39 Å². The Bertz CT molecular complexity index is 819. The first-order chi connectivity index (χ1) is 13.1. The molecule has 1 amide bonds. The van der Waals surface area contributed by atoms with Crippen LogP contribution >= 0.6 is 11.6 Å². The first kappa shape index (κ1) is 18.4. The summed E-state index contributed by atoms with van der Waals surface area (Å²) in [6.45, 7) is 5.39. The van der Waals surface area contributed by atoms with Crippen LogP contribution in [0.1, 0.15) is 41.8 Å². The van der Waals surface area contributed by atoms with Crippen LogP contribution in [0.5, 0.6) is 0 Å². The molecule has 5 nitrogen and oxygen atoms in total. The molecule has 2 fully saturated rings. The van der Waals surface area contributed by atoms with Gasteiger partial charge in [-0.1, -0.05) is 22.8 Å². The Morgan fingerprint density at radius 2 is 1.93 bits per heavy atom. The number of hydrogen-bond acceptors (Lipinski definition) is 4. The van der Waals surface area contributed by atoms with Crippen molar-refractivity contribution in [1.82, 2.24) is 15.0 Å². The van der Waals surface area contributed by atoms with E-state index >= 15 is 0 Å². The Balaban J connectivity index is 1.56. The number of hydrogen-bond donors (Lipinski definition) is 0. The molecule has 0 atom stereocenters. The van der Waals surface area contributed by atoms with Gasteiger partial charge in [-0.15, -0.1) is 0 Å². The smallest absolute Gasteiger partial charge is 0.259 e. The number of rotatable bonds is 3. The fourth-order valence-corrected chi connectivity index (χ4v) is 4.47.